The average Bonchev–Trinajstić information content (AvgIpc) is 3.22. The van der Waals surface area contributed by atoms with Gasteiger partial charge in [0.15, 0.2) is 0 Å². The van der Waals surface area contributed by atoms with Crippen LogP contribution in [-0.2, 0) is 13.0 Å². The quantitative estimate of drug-likeness (QED) is 0.228. The van der Waals surface area contributed by atoms with Gasteiger partial charge >= 0.3 is 0 Å². The summed E-state index contributed by atoms with van der Waals surface area (Å²) >= 11 is 0. The summed E-state index contributed by atoms with van der Waals surface area (Å²) in [5.74, 6) is 0. The standard InChI is InChI=1S/C33H26N2/c1-34-22-25-15-16-33-31(20-25)30-13-2-3-14-32(30)35(33)29-12-6-10-27(21-29)26-9-4-7-23(18-26)17-24-8-5-11-28(34)19-24/h2-16,18-21H,17,22H2,1H3. The largest absolute Gasteiger partial charge is 0.370 e. The number of fused-ring (bicyclic) bond motifs is 3. The van der Waals surface area contributed by atoms with E-state index in [0.717, 1.165) is 13.0 Å². The van der Waals surface area contributed by atoms with E-state index >= 15 is 0 Å². The first-order valence-corrected chi connectivity index (χ1v) is 12.2. The Morgan fingerprint density at radius 1 is 0.514 bits per heavy atom. The SMILES string of the molecule is CN1Cc2ccc3c(c2)c2ccccc2n3-c2cccc(c2)-c2cccc(c2)Cc2cccc1c2. The van der Waals surface area contributed by atoms with Crippen molar-refractivity contribution in [3.8, 4) is 16.8 Å². The smallest absolute Gasteiger partial charge is 0.0541 e. The molecule has 0 amide bonds. The number of aromatic nitrogens is 1. The highest BCUT2D eigenvalue weighted by molar-refractivity contribution is 6.09. The van der Waals surface area contributed by atoms with E-state index in [1.807, 2.05) is 0 Å². The summed E-state index contributed by atoms with van der Waals surface area (Å²) in [6.45, 7) is 0.865. The molecular weight excluding hydrogens is 424 g/mol. The van der Waals surface area contributed by atoms with Crippen LogP contribution in [0.2, 0.25) is 0 Å². The highest BCUT2D eigenvalue weighted by Gasteiger charge is 2.14. The minimum Gasteiger partial charge on any atom is -0.370 e. The summed E-state index contributed by atoms with van der Waals surface area (Å²) in [6.07, 6.45) is 0.924. The number of rotatable bonds is 0. The van der Waals surface area contributed by atoms with Crippen LogP contribution in [0.1, 0.15) is 16.7 Å². The van der Waals surface area contributed by atoms with Crippen molar-refractivity contribution in [3.05, 3.63) is 132 Å². The molecule has 35 heavy (non-hydrogen) atoms. The predicted molar refractivity (Wildman–Crippen MR) is 148 cm³/mol. The molecule has 0 saturated carbocycles. The maximum Gasteiger partial charge on any atom is 0.0541 e. The first-order valence-electron chi connectivity index (χ1n) is 12.2. The monoisotopic (exact) mass is 450 g/mol. The lowest BCUT2D eigenvalue weighted by molar-refractivity contribution is 0.922. The van der Waals surface area contributed by atoms with Crippen LogP contribution in [0.25, 0.3) is 38.6 Å². The van der Waals surface area contributed by atoms with Crippen molar-refractivity contribution >= 4 is 27.5 Å². The summed E-state index contributed by atoms with van der Waals surface area (Å²) in [5.41, 5.74) is 11.4. The fourth-order valence-electron chi connectivity index (χ4n) is 5.59. The zero-order valence-corrected chi connectivity index (χ0v) is 19.8. The van der Waals surface area contributed by atoms with E-state index in [9.17, 15) is 0 Å². The molecule has 0 radical (unpaired) electrons. The first kappa shape index (κ1) is 20.1. The molecule has 3 heterocycles. The molecule has 2 nitrogen and oxygen atoms in total. The average molecular weight is 451 g/mol. The van der Waals surface area contributed by atoms with Crippen LogP contribution in [0.4, 0.5) is 5.69 Å². The molecule has 2 aliphatic rings. The van der Waals surface area contributed by atoms with Gasteiger partial charge < -0.3 is 9.47 Å². The second-order valence-electron chi connectivity index (χ2n) is 9.66. The van der Waals surface area contributed by atoms with Crippen molar-refractivity contribution < 1.29 is 0 Å². The van der Waals surface area contributed by atoms with E-state index in [-0.39, 0.29) is 0 Å². The van der Waals surface area contributed by atoms with Crippen LogP contribution in [0.3, 0.4) is 0 Å². The summed E-state index contributed by atoms with van der Waals surface area (Å²) in [6, 6.07) is 42.6. The fraction of sp³-hybridized carbons (Fsp3) is 0.0909. The third-order valence-electron chi connectivity index (χ3n) is 7.28. The number of benzene rings is 5. The maximum absolute atomic E-state index is 2.41. The van der Waals surface area contributed by atoms with Gasteiger partial charge in [-0.3, -0.25) is 0 Å². The zero-order valence-electron chi connectivity index (χ0n) is 19.8. The molecule has 5 aromatic carbocycles. The van der Waals surface area contributed by atoms with Gasteiger partial charge in [0.25, 0.3) is 0 Å². The minimum absolute atomic E-state index is 0.865. The van der Waals surface area contributed by atoms with Gasteiger partial charge in [0.05, 0.1) is 11.0 Å². The Hall–Kier alpha value is -4.30. The molecule has 1 aromatic heterocycles. The van der Waals surface area contributed by atoms with Crippen LogP contribution >= 0.6 is 0 Å². The van der Waals surface area contributed by atoms with Crippen LogP contribution in [0, 0.1) is 0 Å². The van der Waals surface area contributed by atoms with Crippen molar-refractivity contribution in [2.75, 3.05) is 11.9 Å². The Kier molecular flexibility index (Phi) is 4.53. The number of anilines is 1. The summed E-state index contributed by atoms with van der Waals surface area (Å²) in [4.78, 5) is 2.35. The molecule has 168 valence electrons. The number of nitrogens with zero attached hydrogens (tertiary/aromatic N) is 2. The van der Waals surface area contributed by atoms with Crippen molar-refractivity contribution in [2.45, 2.75) is 13.0 Å². The van der Waals surface area contributed by atoms with Gasteiger partial charge in [-0.2, -0.15) is 0 Å². The molecule has 6 aromatic rings. The topological polar surface area (TPSA) is 8.17 Å². The second kappa shape index (κ2) is 7.89. The molecule has 0 fully saturated rings. The zero-order chi connectivity index (χ0) is 23.4. The number of hydrogen-bond donors (Lipinski definition) is 0. The normalized spacial score (nSPS) is 13.0. The number of hydrogen-bond acceptors (Lipinski definition) is 1. The third-order valence-corrected chi connectivity index (χ3v) is 7.28. The van der Waals surface area contributed by atoms with Crippen molar-refractivity contribution in [2.24, 2.45) is 0 Å². The molecule has 0 saturated heterocycles. The third kappa shape index (κ3) is 3.41. The Morgan fingerprint density at radius 2 is 1.23 bits per heavy atom. The molecule has 0 spiro atoms. The van der Waals surface area contributed by atoms with Crippen molar-refractivity contribution in [1.29, 1.82) is 0 Å². The highest BCUT2D eigenvalue weighted by atomic mass is 15.1. The Morgan fingerprint density at radius 3 is 2.14 bits per heavy atom. The molecule has 2 heteroatoms. The molecular formula is C33H26N2. The fourth-order valence-corrected chi connectivity index (χ4v) is 5.59. The van der Waals surface area contributed by atoms with E-state index in [1.54, 1.807) is 0 Å². The van der Waals surface area contributed by atoms with Gasteiger partial charge in [-0.05, 0) is 76.7 Å². The van der Waals surface area contributed by atoms with E-state index in [1.165, 1.54) is 61.0 Å². The van der Waals surface area contributed by atoms with Gasteiger partial charge in [0.2, 0.25) is 0 Å². The van der Waals surface area contributed by atoms with Gasteiger partial charge in [-0.25, -0.2) is 0 Å². The van der Waals surface area contributed by atoms with Gasteiger partial charge in [0.1, 0.15) is 0 Å². The van der Waals surface area contributed by atoms with E-state index in [4.69, 9.17) is 0 Å². The number of para-hydroxylation sites is 1. The lowest BCUT2D eigenvalue weighted by atomic mass is 9.98. The minimum atomic E-state index is 0.865. The molecule has 0 aliphatic carbocycles. The van der Waals surface area contributed by atoms with E-state index in [0.29, 0.717) is 0 Å². The highest BCUT2D eigenvalue weighted by Crippen LogP contribution is 2.34. The lowest BCUT2D eigenvalue weighted by Crippen LogP contribution is -2.16. The van der Waals surface area contributed by atoms with Crippen LogP contribution in [0.5, 0.6) is 0 Å². The molecule has 0 unspecified atom stereocenters. The summed E-state index contributed by atoms with van der Waals surface area (Å²) in [7, 11) is 2.19. The van der Waals surface area contributed by atoms with Gasteiger partial charge in [-0.15, -0.1) is 0 Å². The van der Waals surface area contributed by atoms with Gasteiger partial charge in [0, 0.05) is 35.7 Å². The Bertz CT molecular complexity index is 1720. The van der Waals surface area contributed by atoms with Gasteiger partial charge in [-0.1, -0.05) is 72.8 Å². The van der Waals surface area contributed by atoms with Crippen LogP contribution in [0.15, 0.2) is 115 Å². The van der Waals surface area contributed by atoms with E-state index < -0.39 is 0 Å². The summed E-state index contributed by atoms with van der Waals surface area (Å²) < 4.78 is 2.41. The first-order chi connectivity index (χ1) is 17.2. The molecule has 8 rings (SSSR count). The molecule has 2 aliphatic heterocycles. The second-order valence-corrected chi connectivity index (χ2v) is 9.66. The summed E-state index contributed by atoms with van der Waals surface area (Å²) in [5, 5.41) is 2.60. The lowest BCUT2D eigenvalue weighted by Gasteiger charge is -2.20. The molecule has 0 atom stereocenters. The Balaban J connectivity index is 1.53. The molecule has 0 N–H and O–H groups in total. The van der Waals surface area contributed by atoms with Crippen LogP contribution < -0.4 is 4.90 Å². The Labute approximate surface area is 205 Å². The maximum atomic E-state index is 2.41. The van der Waals surface area contributed by atoms with Crippen LogP contribution in [-0.4, -0.2) is 11.6 Å². The molecule has 10 bridgehead atoms. The van der Waals surface area contributed by atoms with Crippen molar-refractivity contribution in [3.63, 3.8) is 0 Å². The van der Waals surface area contributed by atoms with Crippen molar-refractivity contribution in [1.82, 2.24) is 4.57 Å². The van der Waals surface area contributed by atoms with E-state index in [2.05, 4.69) is 132 Å². The predicted octanol–water partition coefficient (Wildman–Crippen LogP) is 7.99.